The van der Waals surface area contributed by atoms with E-state index in [1.165, 1.54) is 10.6 Å². The largest absolute Gasteiger partial charge is 0.478 e. The number of rotatable bonds is 2. The highest BCUT2D eigenvalue weighted by atomic mass is 16.5. The highest BCUT2D eigenvalue weighted by Gasteiger charge is 2.20. The lowest BCUT2D eigenvalue weighted by atomic mass is 9.91. The topological polar surface area (TPSA) is 84.3 Å². The Kier molecular flexibility index (Phi) is 3.28. The molecule has 24 heavy (non-hydrogen) atoms. The number of ether oxygens (including phenoxy) is 1. The average molecular weight is 324 g/mol. The summed E-state index contributed by atoms with van der Waals surface area (Å²) in [6.45, 7) is 1.19. The van der Waals surface area contributed by atoms with E-state index in [4.69, 9.17) is 4.74 Å². The second-order valence-electron chi connectivity index (χ2n) is 5.96. The Morgan fingerprint density at radius 2 is 2.12 bits per heavy atom. The number of carbonyl (C=O) groups is 1. The maximum absolute atomic E-state index is 12.0. The molecular weight excluding hydrogens is 308 g/mol. The Hall–Kier alpha value is -2.86. The molecule has 6 nitrogen and oxygen atoms in total. The van der Waals surface area contributed by atoms with Gasteiger partial charge in [0.15, 0.2) is 0 Å². The van der Waals surface area contributed by atoms with E-state index >= 15 is 0 Å². The van der Waals surface area contributed by atoms with Crippen LogP contribution >= 0.6 is 0 Å². The smallest absolute Gasteiger partial charge is 0.335 e. The van der Waals surface area contributed by atoms with E-state index in [1.807, 2.05) is 18.2 Å². The van der Waals surface area contributed by atoms with Crippen LogP contribution in [0.5, 0.6) is 0 Å². The Labute approximate surface area is 137 Å². The van der Waals surface area contributed by atoms with Crippen molar-refractivity contribution >= 4 is 17.0 Å². The van der Waals surface area contributed by atoms with Crippen LogP contribution in [0.3, 0.4) is 0 Å². The number of benzene rings is 2. The Balaban J connectivity index is 2.10. The van der Waals surface area contributed by atoms with Crippen molar-refractivity contribution < 1.29 is 14.6 Å². The molecule has 2 N–H and O–H groups in total. The summed E-state index contributed by atoms with van der Waals surface area (Å²) in [6.07, 6.45) is 0.767. The number of carboxylic acids is 1. The SMILES string of the molecule is Cn1c(=O)[nH]c2cc(C(=O)O)cc(-c3cccc4c3CCOC4)c21. The molecule has 1 aliphatic heterocycles. The number of hydrogen-bond acceptors (Lipinski definition) is 3. The van der Waals surface area contributed by atoms with Crippen LogP contribution < -0.4 is 5.69 Å². The van der Waals surface area contributed by atoms with E-state index in [2.05, 4.69) is 4.98 Å². The number of hydrogen-bond donors (Lipinski definition) is 2. The molecule has 2 heterocycles. The van der Waals surface area contributed by atoms with Gasteiger partial charge in [0.1, 0.15) is 0 Å². The van der Waals surface area contributed by atoms with Gasteiger partial charge < -0.3 is 14.8 Å². The van der Waals surface area contributed by atoms with Gasteiger partial charge in [-0.3, -0.25) is 4.57 Å². The molecule has 0 amide bonds. The third kappa shape index (κ3) is 2.15. The van der Waals surface area contributed by atoms with Crippen molar-refractivity contribution in [2.75, 3.05) is 6.61 Å². The van der Waals surface area contributed by atoms with Crippen molar-refractivity contribution in [1.29, 1.82) is 0 Å². The predicted molar refractivity (Wildman–Crippen MR) is 89.3 cm³/mol. The van der Waals surface area contributed by atoms with Crippen molar-refractivity contribution in [2.45, 2.75) is 13.0 Å². The predicted octanol–water partition coefficient (Wildman–Crippen LogP) is 2.30. The molecule has 6 heteroatoms. The number of aromatic carboxylic acids is 1. The second-order valence-corrected chi connectivity index (χ2v) is 5.96. The molecule has 0 spiro atoms. The minimum Gasteiger partial charge on any atom is -0.478 e. The minimum atomic E-state index is -1.02. The van der Waals surface area contributed by atoms with Crippen LogP contribution in [0.15, 0.2) is 35.1 Å². The molecule has 4 rings (SSSR count). The van der Waals surface area contributed by atoms with Crippen LogP contribution in [0.1, 0.15) is 21.5 Å². The van der Waals surface area contributed by atoms with Gasteiger partial charge in [-0.2, -0.15) is 0 Å². The molecule has 122 valence electrons. The number of H-pyrrole nitrogens is 1. The van der Waals surface area contributed by atoms with Crippen molar-refractivity contribution in [3.63, 3.8) is 0 Å². The fraction of sp³-hybridized carbons (Fsp3) is 0.222. The molecule has 0 unspecified atom stereocenters. The fourth-order valence-corrected chi connectivity index (χ4v) is 3.39. The van der Waals surface area contributed by atoms with Gasteiger partial charge in [-0.15, -0.1) is 0 Å². The standard InChI is InChI=1S/C18H16N2O4/c1-20-16-14(7-11(17(21)22)8-15(16)19-18(20)23)13-4-2-3-10-9-24-6-5-12(10)13/h2-4,7-8H,5-6,9H2,1H3,(H,19,23)(H,21,22). The van der Waals surface area contributed by atoms with Crippen LogP contribution in [0.25, 0.3) is 22.2 Å². The van der Waals surface area contributed by atoms with Gasteiger partial charge in [-0.1, -0.05) is 18.2 Å². The third-order valence-electron chi connectivity index (χ3n) is 4.56. The van der Waals surface area contributed by atoms with Gasteiger partial charge >= 0.3 is 11.7 Å². The molecule has 0 saturated carbocycles. The normalized spacial score (nSPS) is 13.9. The van der Waals surface area contributed by atoms with Crippen LogP contribution in [-0.4, -0.2) is 27.2 Å². The molecule has 0 aliphatic carbocycles. The molecule has 1 aliphatic rings. The first kappa shape index (κ1) is 14.7. The van der Waals surface area contributed by atoms with Crippen molar-refractivity contribution in [2.24, 2.45) is 7.05 Å². The number of aromatic nitrogens is 2. The molecule has 2 aromatic carbocycles. The van der Waals surface area contributed by atoms with E-state index < -0.39 is 5.97 Å². The summed E-state index contributed by atoms with van der Waals surface area (Å²) in [5, 5.41) is 9.41. The quantitative estimate of drug-likeness (QED) is 0.757. The highest BCUT2D eigenvalue weighted by molar-refractivity contribution is 6.00. The van der Waals surface area contributed by atoms with Crippen molar-refractivity contribution in [1.82, 2.24) is 9.55 Å². The zero-order valence-electron chi connectivity index (χ0n) is 13.1. The van der Waals surface area contributed by atoms with Gasteiger partial charge in [-0.05, 0) is 35.2 Å². The molecule has 1 aromatic heterocycles. The van der Waals surface area contributed by atoms with E-state index in [-0.39, 0.29) is 11.3 Å². The number of nitrogens with one attached hydrogen (secondary N) is 1. The average Bonchev–Trinajstić information content (AvgIpc) is 2.88. The van der Waals surface area contributed by atoms with Gasteiger partial charge in [0.2, 0.25) is 0 Å². The van der Waals surface area contributed by atoms with Crippen molar-refractivity contribution in [3.8, 4) is 11.1 Å². The maximum atomic E-state index is 12.0. The summed E-state index contributed by atoms with van der Waals surface area (Å²) in [7, 11) is 1.68. The Bertz CT molecular complexity index is 1030. The van der Waals surface area contributed by atoms with Crippen LogP contribution in [-0.2, 0) is 24.8 Å². The number of nitrogens with zero attached hydrogens (tertiary/aromatic N) is 1. The number of carboxylic acid groups (broad SMARTS) is 1. The lowest BCUT2D eigenvalue weighted by Gasteiger charge is -2.20. The van der Waals surface area contributed by atoms with Gasteiger partial charge in [0.25, 0.3) is 0 Å². The Morgan fingerprint density at radius 1 is 1.29 bits per heavy atom. The molecule has 0 atom stereocenters. The third-order valence-corrected chi connectivity index (χ3v) is 4.56. The maximum Gasteiger partial charge on any atom is 0.335 e. The van der Waals surface area contributed by atoms with Gasteiger partial charge in [0, 0.05) is 12.6 Å². The first-order chi connectivity index (χ1) is 11.6. The summed E-state index contributed by atoms with van der Waals surface area (Å²) in [5.74, 6) is -1.02. The van der Waals surface area contributed by atoms with Crippen LogP contribution in [0.4, 0.5) is 0 Å². The van der Waals surface area contributed by atoms with Crippen molar-refractivity contribution in [3.05, 3.63) is 57.5 Å². The summed E-state index contributed by atoms with van der Waals surface area (Å²) < 4.78 is 7.03. The van der Waals surface area contributed by atoms with Gasteiger partial charge in [0.05, 0.1) is 29.8 Å². The van der Waals surface area contributed by atoms with E-state index in [9.17, 15) is 14.7 Å². The minimum absolute atomic E-state index is 0.156. The van der Waals surface area contributed by atoms with Gasteiger partial charge in [-0.25, -0.2) is 9.59 Å². The zero-order chi connectivity index (χ0) is 16.8. The summed E-state index contributed by atoms with van der Waals surface area (Å²) in [6, 6.07) is 9.07. The number of fused-ring (bicyclic) bond motifs is 2. The summed E-state index contributed by atoms with van der Waals surface area (Å²) >= 11 is 0. The van der Waals surface area contributed by atoms with E-state index in [0.717, 1.165) is 28.7 Å². The van der Waals surface area contributed by atoms with E-state index in [0.29, 0.717) is 24.2 Å². The lowest BCUT2D eigenvalue weighted by molar-refractivity contribution is 0.0697. The first-order valence-corrected chi connectivity index (χ1v) is 7.71. The highest BCUT2D eigenvalue weighted by Crippen LogP contribution is 2.34. The molecule has 0 radical (unpaired) electrons. The van der Waals surface area contributed by atoms with Crippen LogP contribution in [0, 0.1) is 0 Å². The molecule has 3 aromatic rings. The summed E-state index contributed by atoms with van der Waals surface area (Å²) in [4.78, 5) is 26.3. The molecule has 0 saturated heterocycles. The molecule has 0 bridgehead atoms. The van der Waals surface area contributed by atoms with E-state index in [1.54, 1.807) is 13.1 Å². The Morgan fingerprint density at radius 3 is 2.92 bits per heavy atom. The lowest BCUT2D eigenvalue weighted by Crippen LogP contribution is -2.13. The number of imidazole rings is 1. The molecular formula is C18H16N2O4. The number of aryl methyl sites for hydroxylation is 1. The van der Waals surface area contributed by atoms with Crippen LogP contribution in [0.2, 0.25) is 0 Å². The first-order valence-electron chi connectivity index (χ1n) is 7.71. The monoisotopic (exact) mass is 324 g/mol. The fourth-order valence-electron chi connectivity index (χ4n) is 3.39. The second kappa shape index (κ2) is 5.35. The molecule has 0 fully saturated rings. The summed E-state index contributed by atoms with van der Waals surface area (Å²) in [5.41, 5.74) is 5.11. The number of aromatic amines is 1. The zero-order valence-corrected chi connectivity index (χ0v) is 13.1.